The maximum Gasteiger partial charge on any atom is 0.119 e. The second-order valence-corrected chi connectivity index (χ2v) is 7.46. The highest BCUT2D eigenvalue weighted by Gasteiger charge is 2.14. The van der Waals surface area contributed by atoms with Gasteiger partial charge in [0.2, 0.25) is 0 Å². The topological polar surface area (TPSA) is 56.9 Å². The highest BCUT2D eigenvalue weighted by molar-refractivity contribution is 5.41. The molecule has 1 N–H and O–H groups in total. The lowest BCUT2D eigenvalue weighted by atomic mass is 10.1. The highest BCUT2D eigenvalue weighted by Crippen LogP contribution is 2.22. The number of hydrogen-bond acceptors (Lipinski definition) is 4. The Kier molecular flexibility index (Phi) is 5.68. The summed E-state index contributed by atoms with van der Waals surface area (Å²) in [6.07, 6.45) is 5.70. The van der Waals surface area contributed by atoms with Gasteiger partial charge in [-0.3, -0.25) is 0 Å². The van der Waals surface area contributed by atoms with E-state index in [1.165, 1.54) is 16.7 Å². The van der Waals surface area contributed by atoms with Gasteiger partial charge in [0.05, 0.1) is 24.7 Å². The third-order valence-electron chi connectivity index (χ3n) is 5.53. The van der Waals surface area contributed by atoms with E-state index in [0.29, 0.717) is 0 Å². The van der Waals surface area contributed by atoms with E-state index in [1.807, 2.05) is 52.1 Å². The Bertz CT molecular complexity index is 1110. The van der Waals surface area contributed by atoms with Crippen molar-refractivity contribution in [1.82, 2.24) is 24.9 Å². The number of rotatable bonds is 7. The molecule has 0 unspecified atom stereocenters. The monoisotopic (exact) mass is 401 g/mol. The fourth-order valence-electron chi connectivity index (χ4n) is 3.65. The molecule has 0 saturated heterocycles. The number of aryl methyl sites for hydroxylation is 1. The largest absolute Gasteiger partial charge is 0.497 e. The second-order valence-electron chi connectivity index (χ2n) is 7.46. The molecule has 6 heteroatoms. The van der Waals surface area contributed by atoms with Crippen LogP contribution in [0.5, 0.6) is 5.75 Å². The van der Waals surface area contributed by atoms with Crippen molar-refractivity contribution in [3.63, 3.8) is 0 Å². The molecule has 30 heavy (non-hydrogen) atoms. The first kappa shape index (κ1) is 19.9. The van der Waals surface area contributed by atoms with E-state index in [0.717, 1.165) is 29.4 Å². The highest BCUT2D eigenvalue weighted by atomic mass is 16.5. The normalized spacial score (nSPS) is 12.1. The number of aromatic nitrogens is 4. The lowest BCUT2D eigenvalue weighted by Gasteiger charge is -2.16. The summed E-state index contributed by atoms with van der Waals surface area (Å²) in [7, 11) is 1.67. The van der Waals surface area contributed by atoms with Gasteiger partial charge in [0.25, 0.3) is 0 Å². The van der Waals surface area contributed by atoms with E-state index in [2.05, 4.69) is 54.5 Å². The van der Waals surface area contributed by atoms with Gasteiger partial charge in [-0.2, -0.15) is 10.2 Å². The zero-order valence-corrected chi connectivity index (χ0v) is 17.8. The number of hydrogen-bond donors (Lipinski definition) is 1. The van der Waals surface area contributed by atoms with Gasteiger partial charge in [0.1, 0.15) is 5.75 Å². The Morgan fingerprint density at radius 1 is 1.03 bits per heavy atom. The van der Waals surface area contributed by atoms with Crippen LogP contribution in [0.2, 0.25) is 0 Å². The van der Waals surface area contributed by atoms with Gasteiger partial charge in [0.15, 0.2) is 0 Å². The molecule has 154 valence electrons. The van der Waals surface area contributed by atoms with Crippen molar-refractivity contribution < 1.29 is 4.74 Å². The van der Waals surface area contributed by atoms with Crippen LogP contribution in [0, 0.1) is 13.8 Å². The second kappa shape index (κ2) is 8.55. The molecule has 0 aliphatic rings. The molecule has 2 aromatic carbocycles. The van der Waals surface area contributed by atoms with Gasteiger partial charge in [-0.1, -0.05) is 6.07 Å². The Labute approximate surface area is 177 Å². The lowest BCUT2D eigenvalue weighted by Crippen LogP contribution is -2.19. The minimum atomic E-state index is 0.183. The first-order chi connectivity index (χ1) is 14.6. The molecule has 0 spiro atoms. The third kappa shape index (κ3) is 4.00. The van der Waals surface area contributed by atoms with Gasteiger partial charge in [-0.25, -0.2) is 9.36 Å². The third-order valence-corrected chi connectivity index (χ3v) is 5.53. The van der Waals surface area contributed by atoms with Crippen LogP contribution >= 0.6 is 0 Å². The number of ether oxygens (including phenoxy) is 1. The minimum Gasteiger partial charge on any atom is -0.497 e. The Hall–Kier alpha value is -3.38. The first-order valence-corrected chi connectivity index (χ1v) is 10.1. The Morgan fingerprint density at radius 2 is 1.80 bits per heavy atom. The zero-order chi connectivity index (χ0) is 21.1. The van der Waals surface area contributed by atoms with Crippen molar-refractivity contribution in [3.05, 3.63) is 89.5 Å². The maximum atomic E-state index is 5.25. The van der Waals surface area contributed by atoms with Crippen LogP contribution in [-0.4, -0.2) is 26.7 Å². The zero-order valence-electron chi connectivity index (χ0n) is 17.8. The van der Waals surface area contributed by atoms with Crippen LogP contribution in [0.15, 0.2) is 67.1 Å². The van der Waals surface area contributed by atoms with E-state index < -0.39 is 0 Å². The number of benzene rings is 2. The molecule has 1 atom stereocenters. The standard InChI is InChI=1S/C24H27N5O/c1-17-14-22(28-13-5-12-26-28)7-6-20(17)15-25-18(2)24-16-27-29(19(24)3)21-8-10-23(30-4)11-9-21/h5-14,16,18,25H,15H2,1-4H3/t18-/m1/s1. The van der Waals surface area contributed by atoms with Gasteiger partial charge >= 0.3 is 0 Å². The van der Waals surface area contributed by atoms with Gasteiger partial charge in [-0.05, 0) is 74.4 Å². The summed E-state index contributed by atoms with van der Waals surface area (Å²) in [6, 6.07) is 16.5. The van der Waals surface area contributed by atoms with Crippen LogP contribution in [0.25, 0.3) is 11.4 Å². The fraction of sp³-hybridized carbons (Fsp3) is 0.250. The summed E-state index contributed by atoms with van der Waals surface area (Å²) < 4.78 is 9.09. The minimum absolute atomic E-state index is 0.183. The molecule has 2 heterocycles. The lowest BCUT2D eigenvalue weighted by molar-refractivity contribution is 0.414. The smallest absolute Gasteiger partial charge is 0.119 e. The summed E-state index contributed by atoms with van der Waals surface area (Å²) in [6.45, 7) is 7.21. The molecule has 0 saturated carbocycles. The molecule has 0 radical (unpaired) electrons. The fourth-order valence-corrected chi connectivity index (χ4v) is 3.65. The van der Waals surface area contributed by atoms with Crippen LogP contribution < -0.4 is 10.1 Å². The summed E-state index contributed by atoms with van der Waals surface area (Å²) in [5.41, 5.74) is 6.94. The molecular formula is C24H27N5O. The molecule has 0 aliphatic carbocycles. The average Bonchev–Trinajstić information content (AvgIpc) is 3.43. The van der Waals surface area contributed by atoms with E-state index in [9.17, 15) is 0 Å². The van der Waals surface area contributed by atoms with Crippen LogP contribution in [0.4, 0.5) is 0 Å². The molecule has 6 nitrogen and oxygen atoms in total. The van der Waals surface area contributed by atoms with Crippen molar-refractivity contribution in [2.45, 2.75) is 33.4 Å². The van der Waals surface area contributed by atoms with Crippen molar-refractivity contribution in [3.8, 4) is 17.1 Å². The summed E-state index contributed by atoms with van der Waals surface area (Å²) in [4.78, 5) is 0. The first-order valence-electron chi connectivity index (χ1n) is 10.1. The molecule has 0 aliphatic heterocycles. The number of methoxy groups -OCH3 is 1. The molecule has 0 amide bonds. The van der Waals surface area contributed by atoms with Crippen LogP contribution in [-0.2, 0) is 6.54 Å². The summed E-state index contributed by atoms with van der Waals surface area (Å²) in [5, 5.41) is 12.5. The van der Waals surface area contributed by atoms with E-state index in [1.54, 1.807) is 13.3 Å². The Balaban J connectivity index is 1.45. The van der Waals surface area contributed by atoms with Crippen molar-refractivity contribution in [1.29, 1.82) is 0 Å². The van der Waals surface area contributed by atoms with Gasteiger partial charge < -0.3 is 10.1 Å². The predicted molar refractivity (Wildman–Crippen MR) is 118 cm³/mol. The molecule has 0 fully saturated rings. The molecule has 0 bridgehead atoms. The van der Waals surface area contributed by atoms with Gasteiger partial charge in [0, 0.05) is 36.2 Å². The van der Waals surface area contributed by atoms with E-state index in [4.69, 9.17) is 4.74 Å². The van der Waals surface area contributed by atoms with Crippen molar-refractivity contribution in [2.24, 2.45) is 0 Å². The SMILES string of the molecule is COc1ccc(-n2ncc([C@@H](C)NCc3ccc(-n4cccn4)cc3C)c2C)cc1. The van der Waals surface area contributed by atoms with Crippen LogP contribution in [0.1, 0.15) is 35.3 Å². The van der Waals surface area contributed by atoms with E-state index >= 15 is 0 Å². The molecular weight excluding hydrogens is 374 g/mol. The molecule has 4 rings (SSSR count). The number of nitrogens with one attached hydrogen (secondary N) is 1. The average molecular weight is 402 g/mol. The number of nitrogens with zero attached hydrogens (tertiary/aromatic N) is 4. The Morgan fingerprint density at radius 3 is 2.47 bits per heavy atom. The van der Waals surface area contributed by atoms with Crippen molar-refractivity contribution in [2.75, 3.05) is 7.11 Å². The maximum absolute atomic E-state index is 5.25. The van der Waals surface area contributed by atoms with Gasteiger partial charge in [-0.15, -0.1) is 0 Å². The van der Waals surface area contributed by atoms with Crippen LogP contribution in [0.3, 0.4) is 0 Å². The van der Waals surface area contributed by atoms with Crippen molar-refractivity contribution >= 4 is 0 Å². The van der Waals surface area contributed by atoms with E-state index in [-0.39, 0.29) is 6.04 Å². The molecule has 4 aromatic rings. The summed E-state index contributed by atoms with van der Waals surface area (Å²) in [5.74, 6) is 0.841. The summed E-state index contributed by atoms with van der Waals surface area (Å²) >= 11 is 0. The quantitative estimate of drug-likeness (QED) is 0.494. The molecule has 2 aromatic heterocycles. The predicted octanol–water partition coefficient (Wildman–Crippen LogP) is 4.53.